The first-order chi connectivity index (χ1) is 14.4. The van der Waals surface area contributed by atoms with Gasteiger partial charge in [-0.15, -0.1) is 0 Å². The molecule has 3 aromatic rings. The van der Waals surface area contributed by atoms with Crippen molar-refractivity contribution in [2.45, 2.75) is 12.5 Å². The van der Waals surface area contributed by atoms with E-state index in [1.807, 2.05) is 54.6 Å². The summed E-state index contributed by atoms with van der Waals surface area (Å²) in [6, 6.07) is 16.6. The fraction of sp³-hybridized carbons (Fsp3) is 0.273. The molecule has 1 aromatic heterocycles. The van der Waals surface area contributed by atoms with Crippen LogP contribution in [0.4, 0.5) is 0 Å². The Bertz CT molecular complexity index is 1170. The van der Waals surface area contributed by atoms with Gasteiger partial charge in [0, 0.05) is 24.8 Å². The van der Waals surface area contributed by atoms with Crippen LogP contribution in [0.15, 0.2) is 60.8 Å². The molecule has 0 N–H and O–H groups in total. The van der Waals surface area contributed by atoms with Crippen LogP contribution in [0.25, 0.3) is 16.9 Å². The van der Waals surface area contributed by atoms with Crippen molar-refractivity contribution < 1.29 is 17.9 Å². The number of amides is 1. The maximum absolute atomic E-state index is 13.4. The van der Waals surface area contributed by atoms with E-state index in [4.69, 9.17) is 4.74 Å². The Hall–Kier alpha value is -3.13. The average Bonchev–Trinajstić information content (AvgIpc) is 3.36. The van der Waals surface area contributed by atoms with Crippen LogP contribution < -0.4 is 4.74 Å². The molecule has 8 heteroatoms. The number of hydrogen-bond donors (Lipinski definition) is 0. The van der Waals surface area contributed by atoms with E-state index in [-0.39, 0.29) is 23.5 Å². The molecule has 0 spiro atoms. The molecule has 1 aliphatic heterocycles. The monoisotopic (exact) mass is 425 g/mol. The molecule has 4 rings (SSSR count). The van der Waals surface area contributed by atoms with Gasteiger partial charge in [-0.2, -0.15) is 5.10 Å². The number of nitrogens with zero attached hydrogens (tertiary/aromatic N) is 3. The van der Waals surface area contributed by atoms with Gasteiger partial charge < -0.3 is 9.64 Å². The maximum Gasteiger partial charge on any atom is 0.257 e. The fourth-order valence-corrected chi connectivity index (χ4v) is 5.49. The first-order valence-corrected chi connectivity index (χ1v) is 11.5. The predicted molar refractivity (Wildman–Crippen MR) is 115 cm³/mol. The Morgan fingerprint density at radius 2 is 1.83 bits per heavy atom. The van der Waals surface area contributed by atoms with E-state index in [9.17, 15) is 13.2 Å². The minimum atomic E-state index is -3.10. The highest BCUT2D eigenvalue weighted by Crippen LogP contribution is 2.33. The van der Waals surface area contributed by atoms with Gasteiger partial charge in [-0.3, -0.25) is 4.79 Å². The molecule has 1 unspecified atom stereocenters. The van der Waals surface area contributed by atoms with Crippen molar-refractivity contribution in [3.8, 4) is 22.7 Å². The van der Waals surface area contributed by atoms with Crippen molar-refractivity contribution >= 4 is 15.7 Å². The molecule has 1 fully saturated rings. The molecule has 2 heterocycles. The predicted octanol–water partition coefficient (Wildman–Crippen LogP) is 2.81. The van der Waals surface area contributed by atoms with Gasteiger partial charge in [-0.1, -0.05) is 30.3 Å². The van der Waals surface area contributed by atoms with Crippen LogP contribution in [-0.4, -0.2) is 60.7 Å². The van der Waals surface area contributed by atoms with E-state index in [1.54, 1.807) is 25.0 Å². The number of carbonyl (C=O) groups is 1. The van der Waals surface area contributed by atoms with E-state index in [0.717, 1.165) is 5.69 Å². The fourth-order valence-electron chi connectivity index (χ4n) is 3.72. The van der Waals surface area contributed by atoms with Crippen molar-refractivity contribution in [2.75, 3.05) is 25.7 Å². The zero-order chi connectivity index (χ0) is 21.3. The minimum absolute atomic E-state index is 0.00788. The second-order valence-corrected chi connectivity index (χ2v) is 9.57. The Kier molecular flexibility index (Phi) is 5.34. The number of hydrogen-bond acceptors (Lipinski definition) is 5. The Balaban J connectivity index is 1.79. The zero-order valence-electron chi connectivity index (χ0n) is 16.9. The average molecular weight is 426 g/mol. The molecule has 156 valence electrons. The summed E-state index contributed by atoms with van der Waals surface area (Å²) in [4.78, 5) is 14.9. The van der Waals surface area contributed by atoms with Crippen molar-refractivity contribution in [3.63, 3.8) is 0 Å². The smallest absolute Gasteiger partial charge is 0.257 e. The molecule has 0 aliphatic carbocycles. The van der Waals surface area contributed by atoms with Crippen LogP contribution in [0.3, 0.4) is 0 Å². The van der Waals surface area contributed by atoms with Gasteiger partial charge in [0.15, 0.2) is 9.84 Å². The number of rotatable bonds is 5. The topological polar surface area (TPSA) is 81.5 Å². The second kappa shape index (κ2) is 7.95. The minimum Gasteiger partial charge on any atom is -0.496 e. The molecule has 1 amide bonds. The Morgan fingerprint density at radius 1 is 1.13 bits per heavy atom. The van der Waals surface area contributed by atoms with Gasteiger partial charge in [-0.05, 0) is 30.7 Å². The van der Waals surface area contributed by atoms with Crippen LogP contribution in [-0.2, 0) is 9.84 Å². The summed E-state index contributed by atoms with van der Waals surface area (Å²) >= 11 is 0. The van der Waals surface area contributed by atoms with Crippen LogP contribution in [0.5, 0.6) is 5.75 Å². The van der Waals surface area contributed by atoms with Crippen molar-refractivity contribution in [3.05, 3.63) is 66.4 Å². The van der Waals surface area contributed by atoms with E-state index >= 15 is 0 Å². The number of carbonyl (C=O) groups excluding carboxylic acids is 1. The molecule has 30 heavy (non-hydrogen) atoms. The van der Waals surface area contributed by atoms with E-state index in [2.05, 4.69) is 5.10 Å². The van der Waals surface area contributed by atoms with Crippen LogP contribution in [0, 0.1) is 0 Å². The number of methoxy groups -OCH3 is 1. The summed E-state index contributed by atoms with van der Waals surface area (Å²) in [5.41, 5.74) is 2.41. The zero-order valence-corrected chi connectivity index (χ0v) is 17.7. The number of ether oxygens (including phenoxy) is 1. The largest absolute Gasteiger partial charge is 0.496 e. The highest BCUT2D eigenvalue weighted by atomic mass is 32.2. The van der Waals surface area contributed by atoms with Crippen LogP contribution in [0.1, 0.15) is 16.8 Å². The van der Waals surface area contributed by atoms with Crippen molar-refractivity contribution in [2.24, 2.45) is 0 Å². The van der Waals surface area contributed by atoms with E-state index in [0.29, 0.717) is 29.0 Å². The van der Waals surface area contributed by atoms with Gasteiger partial charge in [-0.25, -0.2) is 13.1 Å². The quantitative estimate of drug-likeness (QED) is 0.628. The lowest BCUT2D eigenvalue weighted by molar-refractivity contribution is 0.0748. The molecule has 1 aliphatic rings. The van der Waals surface area contributed by atoms with E-state index < -0.39 is 9.84 Å². The number of aromatic nitrogens is 2. The lowest BCUT2D eigenvalue weighted by atomic mass is 10.1. The van der Waals surface area contributed by atoms with Gasteiger partial charge in [0.1, 0.15) is 11.4 Å². The summed E-state index contributed by atoms with van der Waals surface area (Å²) in [5, 5.41) is 4.69. The van der Waals surface area contributed by atoms with Gasteiger partial charge in [0.25, 0.3) is 5.91 Å². The van der Waals surface area contributed by atoms with Crippen LogP contribution >= 0.6 is 0 Å². The molecule has 1 atom stereocenters. The first kappa shape index (κ1) is 20.2. The lowest BCUT2D eigenvalue weighted by Gasteiger charge is -2.23. The Morgan fingerprint density at radius 3 is 2.50 bits per heavy atom. The number of benzene rings is 2. The number of para-hydroxylation sites is 2. The van der Waals surface area contributed by atoms with Gasteiger partial charge in [0.05, 0.1) is 29.9 Å². The third-order valence-electron chi connectivity index (χ3n) is 5.40. The lowest BCUT2D eigenvalue weighted by Crippen LogP contribution is -2.37. The maximum atomic E-state index is 13.4. The highest BCUT2D eigenvalue weighted by molar-refractivity contribution is 7.91. The third kappa shape index (κ3) is 3.82. The molecule has 7 nitrogen and oxygen atoms in total. The summed E-state index contributed by atoms with van der Waals surface area (Å²) in [6.07, 6.45) is 2.14. The molecule has 0 bridgehead atoms. The molecule has 2 aromatic carbocycles. The summed E-state index contributed by atoms with van der Waals surface area (Å²) in [7, 11) is 0.124. The summed E-state index contributed by atoms with van der Waals surface area (Å²) < 4.78 is 30.9. The summed E-state index contributed by atoms with van der Waals surface area (Å²) in [5.74, 6) is 0.445. The number of sulfone groups is 1. The van der Waals surface area contributed by atoms with Gasteiger partial charge >= 0.3 is 0 Å². The van der Waals surface area contributed by atoms with E-state index in [1.165, 1.54) is 4.90 Å². The first-order valence-electron chi connectivity index (χ1n) is 9.65. The normalized spacial score (nSPS) is 17.6. The molecule has 0 radical (unpaired) electrons. The van der Waals surface area contributed by atoms with Crippen LogP contribution in [0.2, 0.25) is 0 Å². The summed E-state index contributed by atoms with van der Waals surface area (Å²) in [6.45, 7) is 0. The highest BCUT2D eigenvalue weighted by Gasteiger charge is 2.34. The molecule has 1 saturated heterocycles. The molecule has 0 saturated carbocycles. The molecular formula is C22H23N3O4S. The third-order valence-corrected chi connectivity index (χ3v) is 7.15. The van der Waals surface area contributed by atoms with Gasteiger partial charge in [0.2, 0.25) is 0 Å². The standard InChI is InChI=1S/C22H23N3O4S/c1-24(17-12-13-30(27,28)15-17)22(26)19-14-25(16-8-4-3-5-9-16)23-21(19)18-10-6-7-11-20(18)29-2/h3-11,14,17H,12-13,15H2,1-2H3. The van der Waals surface area contributed by atoms with Crippen molar-refractivity contribution in [1.29, 1.82) is 0 Å². The molecular weight excluding hydrogens is 402 g/mol. The Labute approximate surface area is 175 Å². The van der Waals surface area contributed by atoms with Crippen molar-refractivity contribution in [1.82, 2.24) is 14.7 Å². The second-order valence-electron chi connectivity index (χ2n) is 7.34. The SMILES string of the molecule is COc1ccccc1-c1nn(-c2ccccc2)cc1C(=O)N(C)C1CCS(=O)(=O)C1.